The normalized spacial score (nSPS) is 10.4. The Bertz CT molecular complexity index is 422. The van der Waals surface area contributed by atoms with Gasteiger partial charge in [-0.25, -0.2) is 0 Å². The Hall–Kier alpha value is -1.16. The molecule has 0 spiro atoms. The second-order valence-electron chi connectivity index (χ2n) is 3.13. The summed E-state index contributed by atoms with van der Waals surface area (Å²) in [5.74, 6) is 0.695. The molecule has 72 valence electrons. The lowest BCUT2D eigenvalue weighted by molar-refractivity contribution is 0.391. The van der Waals surface area contributed by atoms with Crippen molar-refractivity contribution in [2.75, 3.05) is 0 Å². The van der Waals surface area contributed by atoms with Gasteiger partial charge in [-0.05, 0) is 12.5 Å². The van der Waals surface area contributed by atoms with Crippen molar-refractivity contribution in [3.05, 3.63) is 46.0 Å². The van der Waals surface area contributed by atoms with E-state index in [1.165, 1.54) is 11.1 Å². The van der Waals surface area contributed by atoms with Gasteiger partial charge < -0.3 is 4.52 Å². The Morgan fingerprint density at radius 1 is 1.29 bits per heavy atom. The van der Waals surface area contributed by atoms with Gasteiger partial charge in [0.1, 0.15) is 0 Å². The van der Waals surface area contributed by atoms with Gasteiger partial charge in [0.05, 0.1) is 0 Å². The summed E-state index contributed by atoms with van der Waals surface area (Å²) in [5.41, 5.74) is 2.44. The van der Waals surface area contributed by atoms with Crippen LogP contribution in [-0.2, 0) is 6.42 Å². The van der Waals surface area contributed by atoms with Crippen molar-refractivity contribution in [2.24, 2.45) is 0 Å². The molecule has 0 atom stereocenters. The van der Waals surface area contributed by atoms with Gasteiger partial charge in [0.25, 0.3) is 4.80 Å². The quantitative estimate of drug-likeness (QED) is 0.825. The molecular weight excluding hydrogens is 244 g/mol. The third kappa shape index (κ3) is 2.20. The lowest BCUT2D eigenvalue weighted by Gasteiger charge is -1.96. The standard InChI is InChI=1S/C10H9BrN2O/c1-7-2-4-8(5-3-7)6-9-12-10(11)14-13-9/h2-5H,6H2,1H3. The number of benzene rings is 1. The van der Waals surface area contributed by atoms with E-state index in [0.717, 1.165) is 0 Å². The van der Waals surface area contributed by atoms with Crippen LogP contribution >= 0.6 is 15.9 Å². The minimum atomic E-state index is 0.430. The monoisotopic (exact) mass is 252 g/mol. The Morgan fingerprint density at radius 3 is 2.57 bits per heavy atom. The highest BCUT2D eigenvalue weighted by Gasteiger charge is 2.03. The van der Waals surface area contributed by atoms with Gasteiger partial charge in [0.2, 0.25) is 0 Å². The summed E-state index contributed by atoms with van der Waals surface area (Å²) >= 11 is 3.12. The molecule has 0 fully saturated rings. The van der Waals surface area contributed by atoms with Gasteiger partial charge in [0.15, 0.2) is 5.82 Å². The minimum Gasteiger partial charge on any atom is -0.327 e. The first-order valence-electron chi connectivity index (χ1n) is 4.27. The van der Waals surface area contributed by atoms with E-state index in [1.54, 1.807) is 0 Å². The highest BCUT2D eigenvalue weighted by Crippen LogP contribution is 2.10. The maximum absolute atomic E-state index is 4.82. The molecule has 14 heavy (non-hydrogen) atoms. The van der Waals surface area contributed by atoms with E-state index in [-0.39, 0.29) is 0 Å². The molecule has 0 aliphatic heterocycles. The largest absolute Gasteiger partial charge is 0.327 e. The molecule has 0 saturated carbocycles. The Kier molecular flexibility index (Phi) is 2.63. The Labute approximate surface area is 90.3 Å². The summed E-state index contributed by atoms with van der Waals surface area (Å²) in [6.45, 7) is 2.06. The van der Waals surface area contributed by atoms with E-state index < -0.39 is 0 Å². The molecular formula is C10H9BrN2O. The van der Waals surface area contributed by atoms with Crippen molar-refractivity contribution in [2.45, 2.75) is 13.3 Å². The molecule has 2 rings (SSSR count). The van der Waals surface area contributed by atoms with Gasteiger partial charge in [-0.1, -0.05) is 35.0 Å². The van der Waals surface area contributed by atoms with Crippen LogP contribution < -0.4 is 0 Å². The highest BCUT2D eigenvalue weighted by molar-refractivity contribution is 9.10. The molecule has 1 heterocycles. The number of rotatable bonds is 2. The zero-order chi connectivity index (χ0) is 9.97. The lowest BCUT2D eigenvalue weighted by Crippen LogP contribution is -1.90. The maximum Gasteiger partial charge on any atom is 0.293 e. The molecule has 3 nitrogen and oxygen atoms in total. The second-order valence-corrected chi connectivity index (χ2v) is 3.80. The van der Waals surface area contributed by atoms with Crippen molar-refractivity contribution in [1.29, 1.82) is 0 Å². The number of nitrogens with zero attached hydrogens (tertiary/aromatic N) is 2. The van der Waals surface area contributed by atoms with E-state index in [9.17, 15) is 0 Å². The van der Waals surface area contributed by atoms with Crippen molar-refractivity contribution >= 4 is 15.9 Å². The smallest absolute Gasteiger partial charge is 0.293 e. The fourth-order valence-corrected chi connectivity index (χ4v) is 1.47. The molecule has 0 N–H and O–H groups in total. The summed E-state index contributed by atoms with van der Waals surface area (Å²) in [4.78, 5) is 4.50. The first-order valence-corrected chi connectivity index (χ1v) is 5.07. The van der Waals surface area contributed by atoms with Gasteiger partial charge in [-0.15, -0.1) is 0 Å². The molecule has 2 aromatic rings. The molecule has 1 aromatic carbocycles. The summed E-state index contributed by atoms with van der Waals surface area (Å²) in [6.07, 6.45) is 0.704. The van der Waals surface area contributed by atoms with Gasteiger partial charge in [0, 0.05) is 22.4 Å². The molecule has 0 unspecified atom stereocenters. The zero-order valence-corrected chi connectivity index (χ0v) is 9.28. The molecule has 0 aliphatic rings. The molecule has 4 heteroatoms. The van der Waals surface area contributed by atoms with Crippen molar-refractivity contribution in [1.82, 2.24) is 10.1 Å². The zero-order valence-electron chi connectivity index (χ0n) is 7.70. The van der Waals surface area contributed by atoms with Gasteiger partial charge in [-0.3, -0.25) is 0 Å². The summed E-state index contributed by atoms with van der Waals surface area (Å²) in [5, 5.41) is 3.80. The Morgan fingerprint density at radius 2 is 2.00 bits per heavy atom. The van der Waals surface area contributed by atoms with Crippen LogP contribution in [0, 0.1) is 6.92 Å². The number of halogens is 1. The third-order valence-corrected chi connectivity index (χ3v) is 2.25. The molecule has 1 aromatic heterocycles. The van der Waals surface area contributed by atoms with E-state index in [2.05, 4.69) is 57.3 Å². The fourth-order valence-electron chi connectivity index (χ4n) is 1.19. The van der Waals surface area contributed by atoms with Crippen LogP contribution in [0.15, 0.2) is 33.6 Å². The molecule has 0 saturated heterocycles. The number of hydrogen-bond donors (Lipinski definition) is 0. The predicted molar refractivity (Wildman–Crippen MR) is 56.0 cm³/mol. The van der Waals surface area contributed by atoms with E-state index >= 15 is 0 Å². The van der Waals surface area contributed by atoms with Crippen LogP contribution in [-0.4, -0.2) is 10.1 Å². The van der Waals surface area contributed by atoms with E-state index in [1.807, 2.05) is 0 Å². The van der Waals surface area contributed by atoms with Crippen LogP contribution in [0.1, 0.15) is 17.0 Å². The fraction of sp³-hybridized carbons (Fsp3) is 0.200. The molecule has 0 aliphatic carbocycles. The lowest BCUT2D eigenvalue weighted by atomic mass is 10.1. The van der Waals surface area contributed by atoms with Crippen LogP contribution in [0.2, 0.25) is 0 Å². The minimum absolute atomic E-state index is 0.430. The topological polar surface area (TPSA) is 38.9 Å². The van der Waals surface area contributed by atoms with E-state index in [4.69, 9.17) is 4.52 Å². The second kappa shape index (κ2) is 3.92. The van der Waals surface area contributed by atoms with Crippen LogP contribution in [0.4, 0.5) is 0 Å². The first kappa shape index (κ1) is 9.40. The Balaban J connectivity index is 2.15. The first-order chi connectivity index (χ1) is 6.74. The van der Waals surface area contributed by atoms with Crippen LogP contribution in [0.25, 0.3) is 0 Å². The van der Waals surface area contributed by atoms with Crippen molar-refractivity contribution < 1.29 is 4.52 Å². The summed E-state index contributed by atoms with van der Waals surface area (Å²) < 4.78 is 4.82. The number of aryl methyl sites for hydroxylation is 1. The third-order valence-electron chi connectivity index (χ3n) is 1.93. The van der Waals surface area contributed by atoms with Gasteiger partial charge in [-0.2, -0.15) is 4.98 Å². The maximum atomic E-state index is 4.82. The average molecular weight is 253 g/mol. The van der Waals surface area contributed by atoms with Crippen LogP contribution in [0.3, 0.4) is 0 Å². The summed E-state index contributed by atoms with van der Waals surface area (Å²) in [7, 11) is 0. The predicted octanol–water partition coefficient (Wildman–Crippen LogP) is 2.73. The van der Waals surface area contributed by atoms with E-state index in [0.29, 0.717) is 17.0 Å². The molecule has 0 radical (unpaired) electrons. The SMILES string of the molecule is Cc1ccc(Cc2noc(Br)n2)cc1. The summed E-state index contributed by atoms with van der Waals surface area (Å²) in [6, 6.07) is 8.29. The van der Waals surface area contributed by atoms with Crippen molar-refractivity contribution in [3.8, 4) is 0 Å². The van der Waals surface area contributed by atoms with Crippen molar-refractivity contribution in [3.63, 3.8) is 0 Å². The van der Waals surface area contributed by atoms with Crippen LogP contribution in [0.5, 0.6) is 0 Å². The molecule has 0 bridgehead atoms. The molecule has 0 amide bonds. The number of aromatic nitrogens is 2. The highest BCUT2D eigenvalue weighted by atomic mass is 79.9. The van der Waals surface area contributed by atoms with Gasteiger partial charge >= 0.3 is 0 Å². The number of hydrogen-bond acceptors (Lipinski definition) is 3. The average Bonchev–Trinajstić information content (AvgIpc) is 2.56.